The number of hydrogen-bond acceptors (Lipinski definition) is 7. The van der Waals surface area contributed by atoms with Crippen molar-refractivity contribution in [2.24, 2.45) is 5.73 Å². The minimum atomic E-state index is -0.316. The van der Waals surface area contributed by atoms with Gasteiger partial charge in [0.15, 0.2) is 5.78 Å². The number of allylic oxidation sites excluding steroid dienone is 2. The summed E-state index contributed by atoms with van der Waals surface area (Å²) in [5.74, 6) is 0.343. The Hall–Kier alpha value is -1.44. The lowest BCUT2D eigenvalue weighted by Crippen LogP contribution is -2.10. The molecule has 1 heterocycles. The van der Waals surface area contributed by atoms with E-state index in [1.165, 1.54) is 24.0 Å². The fraction of sp³-hybridized carbons (Fsp3) is 0.417. The number of carbonyl (C=O) groups excluding carboxylic acids is 2. The van der Waals surface area contributed by atoms with Gasteiger partial charge in [-0.3, -0.25) is 9.59 Å². The summed E-state index contributed by atoms with van der Waals surface area (Å²) in [5.41, 5.74) is 5.84. The molecule has 2 rings (SSSR count). The SMILES string of the molecule is NCCOCCSC1=CC(=O)c2oncc2CC1=O. The van der Waals surface area contributed by atoms with Crippen LogP contribution in [0.5, 0.6) is 0 Å². The second-order valence-corrected chi connectivity index (χ2v) is 5.04. The topological polar surface area (TPSA) is 95.4 Å². The van der Waals surface area contributed by atoms with Crippen LogP contribution in [-0.4, -0.2) is 42.2 Å². The summed E-state index contributed by atoms with van der Waals surface area (Å²) in [7, 11) is 0. The summed E-state index contributed by atoms with van der Waals surface area (Å²) >= 11 is 1.31. The highest BCUT2D eigenvalue weighted by Crippen LogP contribution is 2.24. The number of fused-ring (bicyclic) bond motifs is 1. The van der Waals surface area contributed by atoms with E-state index in [0.717, 1.165) is 0 Å². The molecule has 0 saturated heterocycles. The van der Waals surface area contributed by atoms with Crippen LogP contribution >= 0.6 is 11.8 Å². The largest absolute Gasteiger partial charge is 0.379 e. The van der Waals surface area contributed by atoms with Crippen LogP contribution in [0.2, 0.25) is 0 Å². The van der Waals surface area contributed by atoms with Crippen molar-refractivity contribution in [3.8, 4) is 0 Å². The summed E-state index contributed by atoms with van der Waals surface area (Å²) in [4.78, 5) is 24.2. The van der Waals surface area contributed by atoms with Crippen LogP contribution in [-0.2, 0) is 16.0 Å². The number of nitrogens with zero attached hydrogens (tertiary/aromatic N) is 1. The molecule has 0 spiro atoms. The fourth-order valence-electron chi connectivity index (χ4n) is 1.63. The predicted molar refractivity (Wildman–Crippen MR) is 70.0 cm³/mol. The van der Waals surface area contributed by atoms with Crippen LogP contribution in [0.3, 0.4) is 0 Å². The van der Waals surface area contributed by atoms with Crippen molar-refractivity contribution < 1.29 is 18.8 Å². The first kappa shape index (κ1) is 14.0. The number of Topliss-reactive ketones (excluding diaryl/α,β-unsaturated/α-hetero) is 1. The first-order valence-corrected chi connectivity index (χ1v) is 6.84. The minimum Gasteiger partial charge on any atom is -0.379 e. The lowest BCUT2D eigenvalue weighted by Gasteiger charge is -2.04. The molecular formula is C12H14N2O4S. The molecule has 2 N–H and O–H groups in total. The van der Waals surface area contributed by atoms with Crippen LogP contribution in [0.1, 0.15) is 16.1 Å². The van der Waals surface area contributed by atoms with E-state index in [4.69, 9.17) is 15.0 Å². The molecule has 0 fully saturated rings. The van der Waals surface area contributed by atoms with Crippen LogP contribution < -0.4 is 5.73 Å². The maximum Gasteiger partial charge on any atom is 0.225 e. The van der Waals surface area contributed by atoms with Gasteiger partial charge in [0.1, 0.15) is 0 Å². The maximum atomic E-state index is 12.0. The minimum absolute atomic E-state index is 0.0980. The van der Waals surface area contributed by atoms with Crippen LogP contribution in [0.4, 0.5) is 0 Å². The van der Waals surface area contributed by atoms with Crippen molar-refractivity contribution >= 4 is 23.3 Å². The highest BCUT2D eigenvalue weighted by atomic mass is 32.2. The van der Waals surface area contributed by atoms with Gasteiger partial charge in [-0.2, -0.15) is 0 Å². The Morgan fingerprint density at radius 3 is 3.05 bits per heavy atom. The lowest BCUT2D eigenvalue weighted by molar-refractivity contribution is -0.114. The third kappa shape index (κ3) is 3.52. The molecular weight excluding hydrogens is 268 g/mol. The Kier molecular flexibility index (Phi) is 4.89. The van der Waals surface area contributed by atoms with Gasteiger partial charge < -0.3 is 15.0 Å². The molecule has 102 valence electrons. The molecule has 1 aliphatic carbocycles. The van der Waals surface area contributed by atoms with Crippen molar-refractivity contribution in [2.75, 3.05) is 25.5 Å². The van der Waals surface area contributed by atoms with Gasteiger partial charge in [0, 0.05) is 30.4 Å². The molecule has 0 atom stereocenters. The van der Waals surface area contributed by atoms with Gasteiger partial charge in [-0.25, -0.2) is 0 Å². The van der Waals surface area contributed by atoms with E-state index in [2.05, 4.69) is 5.16 Å². The van der Waals surface area contributed by atoms with Gasteiger partial charge in [-0.05, 0) is 0 Å². The van der Waals surface area contributed by atoms with E-state index in [-0.39, 0.29) is 23.7 Å². The molecule has 0 unspecified atom stereocenters. The normalized spacial score (nSPS) is 15.1. The fourth-order valence-corrected chi connectivity index (χ4v) is 2.48. The van der Waals surface area contributed by atoms with Crippen LogP contribution in [0.15, 0.2) is 21.7 Å². The second-order valence-electron chi connectivity index (χ2n) is 3.90. The Bertz CT molecular complexity index is 510. The monoisotopic (exact) mass is 282 g/mol. The summed E-state index contributed by atoms with van der Waals surface area (Å²) in [5, 5.41) is 3.54. The van der Waals surface area contributed by atoms with E-state index >= 15 is 0 Å². The summed E-state index contributed by atoms with van der Waals surface area (Å²) in [6.07, 6.45) is 2.87. The van der Waals surface area contributed by atoms with Gasteiger partial charge >= 0.3 is 0 Å². The second kappa shape index (κ2) is 6.65. The van der Waals surface area contributed by atoms with Crippen molar-refractivity contribution in [3.63, 3.8) is 0 Å². The van der Waals surface area contributed by atoms with Gasteiger partial charge in [-0.1, -0.05) is 5.16 Å². The Morgan fingerprint density at radius 2 is 2.26 bits per heavy atom. The molecule has 7 heteroatoms. The average Bonchev–Trinajstić information content (AvgIpc) is 2.81. The molecule has 1 aliphatic rings. The molecule has 1 aromatic rings. The number of hydrogen-bond donors (Lipinski definition) is 1. The molecule has 1 aromatic heterocycles. The van der Waals surface area contributed by atoms with E-state index < -0.39 is 0 Å². The molecule has 6 nitrogen and oxygen atoms in total. The predicted octanol–water partition coefficient (Wildman–Crippen LogP) is 0.575. The molecule has 19 heavy (non-hydrogen) atoms. The summed E-state index contributed by atoms with van der Waals surface area (Å²) in [6.45, 7) is 1.45. The third-order valence-electron chi connectivity index (χ3n) is 2.50. The van der Waals surface area contributed by atoms with E-state index in [0.29, 0.717) is 36.0 Å². The zero-order valence-electron chi connectivity index (χ0n) is 10.3. The molecule has 0 aliphatic heterocycles. The molecule has 0 saturated carbocycles. The van der Waals surface area contributed by atoms with Gasteiger partial charge in [0.05, 0.1) is 24.3 Å². The molecule has 0 radical (unpaired) electrons. The zero-order chi connectivity index (χ0) is 13.7. The highest BCUT2D eigenvalue weighted by molar-refractivity contribution is 8.04. The number of thioether (sulfide) groups is 1. The standard InChI is InChI=1S/C12H14N2O4S/c13-1-2-17-3-4-19-11-6-10(16)12-8(5-9(11)15)7-14-18-12/h6-7H,1-5,13H2. The first-order valence-electron chi connectivity index (χ1n) is 5.85. The van der Waals surface area contributed by atoms with E-state index in [1.807, 2.05) is 0 Å². The van der Waals surface area contributed by atoms with Crippen molar-refractivity contribution in [3.05, 3.63) is 28.5 Å². The number of aromatic nitrogens is 1. The van der Waals surface area contributed by atoms with Gasteiger partial charge in [0.25, 0.3) is 0 Å². The Labute approximate surface area is 114 Å². The van der Waals surface area contributed by atoms with E-state index in [9.17, 15) is 9.59 Å². The van der Waals surface area contributed by atoms with Crippen LogP contribution in [0.25, 0.3) is 0 Å². The Morgan fingerprint density at radius 1 is 1.42 bits per heavy atom. The molecule has 0 amide bonds. The molecule has 0 aromatic carbocycles. The highest BCUT2D eigenvalue weighted by Gasteiger charge is 2.25. The maximum absolute atomic E-state index is 12.0. The van der Waals surface area contributed by atoms with Crippen molar-refractivity contribution in [1.82, 2.24) is 5.16 Å². The zero-order valence-corrected chi connectivity index (χ0v) is 11.1. The van der Waals surface area contributed by atoms with Gasteiger partial charge in [0.2, 0.25) is 11.5 Å². The summed E-state index contributed by atoms with van der Waals surface area (Å²) < 4.78 is 10.1. The van der Waals surface area contributed by atoms with Crippen LogP contribution in [0, 0.1) is 0 Å². The number of ether oxygens (including phenoxy) is 1. The van der Waals surface area contributed by atoms with Crippen molar-refractivity contribution in [1.29, 1.82) is 0 Å². The summed E-state index contributed by atoms with van der Waals surface area (Å²) in [6, 6.07) is 0. The number of ketones is 2. The average molecular weight is 282 g/mol. The smallest absolute Gasteiger partial charge is 0.225 e. The number of carbonyl (C=O) groups is 2. The quantitative estimate of drug-likeness (QED) is 0.762. The number of rotatable bonds is 6. The van der Waals surface area contributed by atoms with E-state index in [1.54, 1.807) is 0 Å². The molecule has 0 bridgehead atoms. The van der Waals surface area contributed by atoms with Gasteiger partial charge in [-0.15, -0.1) is 11.8 Å². The lowest BCUT2D eigenvalue weighted by atomic mass is 10.1. The number of nitrogens with two attached hydrogens (primary N) is 1. The third-order valence-corrected chi connectivity index (χ3v) is 3.53. The van der Waals surface area contributed by atoms with Crippen molar-refractivity contribution in [2.45, 2.75) is 6.42 Å². The first-order chi connectivity index (χ1) is 9.22. The Balaban J connectivity index is 1.96.